The molecule has 0 aromatic rings. The Labute approximate surface area is 114 Å². The lowest BCUT2D eigenvalue weighted by Gasteiger charge is -2.38. The number of likely N-dealkylation sites (N-methyl/N-ethyl adjacent to an activating group) is 1. The molecule has 2 rings (SSSR count). The van der Waals surface area contributed by atoms with Crippen LogP contribution in [0, 0.1) is 0 Å². The fraction of sp³-hybridized carbons (Fsp3) is 0.909. The fourth-order valence-electron chi connectivity index (χ4n) is 2.16. The Kier molecular flexibility index (Phi) is 4.44. The highest BCUT2D eigenvalue weighted by molar-refractivity contribution is 7.89. The Hall–Kier alpha value is -0.700. The summed E-state index contributed by atoms with van der Waals surface area (Å²) in [6, 6.07) is 0. The van der Waals surface area contributed by atoms with Crippen LogP contribution in [0.15, 0.2) is 0 Å². The summed E-state index contributed by atoms with van der Waals surface area (Å²) >= 11 is 0. The van der Waals surface area contributed by atoms with Crippen LogP contribution in [0.2, 0.25) is 0 Å². The molecule has 2 aliphatic heterocycles. The summed E-state index contributed by atoms with van der Waals surface area (Å²) in [6.45, 7) is 2.67. The molecule has 0 saturated carbocycles. The zero-order chi connectivity index (χ0) is 14.0. The third kappa shape index (κ3) is 3.25. The lowest BCUT2D eigenvalue weighted by atomic mass is 10.3. The van der Waals surface area contributed by atoms with E-state index in [1.54, 1.807) is 4.90 Å². The molecule has 2 saturated heterocycles. The molecule has 0 aromatic carbocycles. The van der Waals surface area contributed by atoms with E-state index in [9.17, 15) is 13.2 Å². The maximum Gasteiger partial charge on any atom is 0.236 e. The molecule has 7 nitrogen and oxygen atoms in total. The van der Waals surface area contributed by atoms with Crippen molar-refractivity contribution >= 4 is 15.9 Å². The van der Waals surface area contributed by atoms with Crippen molar-refractivity contribution < 1.29 is 17.9 Å². The quantitative estimate of drug-likeness (QED) is 0.625. The van der Waals surface area contributed by atoms with Gasteiger partial charge in [0, 0.05) is 26.2 Å². The maximum atomic E-state index is 12.2. The van der Waals surface area contributed by atoms with E-state index in [1.165, 1.54) is 4.31 Å². The summed E-state index contributed by atoms with van der Waals surface area (Å²) in [6.07, 6.45) is 0. The standard InChI is InChI=1S/C11H21N3O4S/c1-12(2)7-11(15)13-3-5-14(6-4-13)19(16,17)10-8-18-9-10/h10H,3-9H2,1-2H3. The summed E-state index contributed by atoms with van der Waals surface area (Å²) < 4.78 is 30.7. The normalized spacial score (nSPS) is 22.6. The Bertz CT molecular complexity index is 425. The number of piperazine rings is 1. The number of sulfonamides is 1. The Balaban J connectivity index is 1.87. The van der Waals surface area contributed by atoms with Gasteiger partial charge in [0.15, 0.2) is 0 Å². The number of hydrogen-bond donors (Lipinski definition) is 0. The molecule has 2 heterocycles. The lowest BCUT2D eigenvalue weighted by Crippen LogP contribution is -2.56. The van der Waals surface area contributed by atoms with Gasteiger partial charge < -0.3 is 14.5 Å². The number of carbonyl (C=O) groups excluding carboxylic acids is 1. The van der Waals surface area contributed by atoms with Gasteiger partial charge in [-0.25, -0.2) is 8.42 Å². The number of hydrogen-bond acceptors (Lipinski definition) is 5. The van der Waals surface area contributed by atoms with Crippen LogP contribution >= 0.6 is 0 Å². The van der Waals surface area contributed by atoms with E-state index in [-0.39, 0.29) is 5.91 Å². The van der Waals surface area contributed by atoms with Crippen LogP contribution < -0.4 is 0 Å². The molecule has 0 atom stereocenters. The number of rotatable bonds is 4. The van der Waals surface area contributed by atoms with Crippen LogP contribution in [0.5, 0.6) is 0 Å². The average Bonchev–Trinajstić information content (AvgIpc) is 2.25. The van der Waals surface area contributed by atoms with Crippen LogP contribution in [0.3, 0.4) is 0 Å². The Morgan fingerprint density at radius 3 is 2.21 bits per heavy atom. The summed E-state index contributed by atoms with van der Waals surface area (Å²) in [5.74, 6) is 0.0500. The number of carbonyl (C=O) groups is 1. The van der Waals surface area contributed by atoms with E-state index in [2.05, 4.69) is 0 Å². The fourth-order valence-corrected chi connectivity index (χ4v) is 3.79. The van der Waals surface area contributed by atoms with Crippen molar-refractivity contribution in [3.8, 4) is 0 Å². The van der Waals surface area contributed by atoms with E-state index in [1.807, 2.05) is 19.0 Å². The highest BCUT2D eigenvalue weighted by Crippen LogP contribution is 2.18. The molecule has 0 unspecified atom stereocenters. The van der Waals surface area contributed by atoms with Gasteiger partial charge in [-0.05, 0) is 14.1 Å². The van der Waals surface area contributed by atoms with Crippen LogP contribution in [0.4, 0.5) is 0 Å². The number of nitrogens with zero attached hydrogens (tertiary/aromatic N) is 3. The van der Waals surface area contributed by atoms with E-state index < -0.39 is 15.3 Å². The van der Waals surface area contributed by atoms with Gasteiger partial charge in [-0.2, -0.15) is 4.31 Å². The topological polar surface area (TPSA) is 70.2 Å². The summed E-state index contributed by atoms with van der Waals surface area (Å²) in [4.78, 5) is 15.4. The maximum absolute atomic E-state index is 12.2. The molecule has 19 heavy (non-hydrogen) atoms. The Morgan fingerprint density at radius 1 is 1.21 bits per heavy atom. The zero-order valence-corrected chi connectivity index (χ0v) is 12.2. The van der Waals surface area contributed by atoms with Gasteiger partial charge in [0.25, 0.3) is 0 Å². The van der Waals surface area contributed by atoms with Crippen molar-refractivity contribution in [1.82, 2.24) is 14.1 Å². The molecule has 0 N–H and O–H groups in total. The van der Waals surface area contributed by atoms with E-state index in [0.717, 1.165) is 0 Å². The first-order valence-electron chi connectivity index (χ1n) is 6.40. The average molecular weight is 291 g/mol. The highest BCUT2D eigenvalue weighted by atomic mass is 32.2. The molecule has 2 aliphatic rings. The van der Waals surface area contributed by atoms with Gasteiger partial charge in [0.2, 0.25) is 15.9 Å². The Morgan fingerprint density at radius 2 is 1.79 bits per heavy atom. The minimum absolute atomic E-state index is 0.0500. The van der Waals surface area contributed by atoms with E-state index in [0.29, 0.717) is 45.9 Å². The van der Waals surface area contributed by atoms with Crippen LogP contribution in [0.25, 0.3) is 0 Å². The van der Waals surface area contributed by atoms with Crippen molar-refractivity contribution in [3.63, 3.8) is 0 Å². The molecule has 0 bridgehead atoms. The van der Waals surface area contributed by atoms with Crippen LogP contribution in [0.1, 0.15) is 0 Å². The van der Waals surface area contributed by atoms with Crippen molar-refractivity contribution in [2.24, 2.45) is 0 Å². The second kappa shape index (κ2) is 5.74. The first-order chi connectivity index (χ1) is 8.91. The SMILES string of the molecule is CN(C)CC(=O)N1CCN(S(=O)(=O)C2COC2)CC1. The molecular weight excluding hydrogens is 270 g/mol. The van der Waals surface area contributed by atoms with Crippen molar-refractivity contribution in [3.05, 3.63) is 0 Å². The van der Waals surface area contributed by atoms with E-state index >= 15 is 0 Å². The minimum atomic E-state index is -3.24. The summed E-state index contributed by atoms with van der Waals surface area (Å²) in [5.41, 5.74) is 0. The second-order valence-corrected chi connectivity index (χ2v) is 7.44. The monoisotopic (exact) mass is 291 g/mol. The highest BCUT2D eigenvalue weighted by Gasteiger charge is 2.38. The molecule has 0 spiro atoms. The van der Waals surface area contributed by atoms with Crippen LogP contribution in [-0.4, -0.2) is 93.7 Å². The third-order valence-electron chi connectivity index (χ3n) is 3.43. The third-order valence-corrected chi connectivity index (χ3v) is 5.63. The van der Waals surface area contributed by atoms with E-state index in [4.69, 9.17) is 4.74 Å². The molecule has 1 amide bonds. The van der Waals surface area contributed by atoms with Gasteiger partial charge in [0.1, 0.15) is 5.25 Å². The molecule has 0 aliphatic carbocycles. The van der Waals surface area contributed by atoms with Gasteiger partial charge in [-0.3, -0.25) is 4.79 Å². The van der Waals surface area contributed by atoms with Gasteiger partial charge in [-0.15, -0.1) is 0 Å². The zero-order valence-electron chi connectivity index (χ0n) is 11.4. The molecule has 0 radical (unpaired) electrons. The van der Waals surface area contributed by atoms with Gasteiger partial charge in [0.05, 0.1) is 19.8 Å². The molecule has 0 aromatic heterocycles. The van der Waals surface area contributed by atoms with Crippen molar-refractivity contribution in [2.75, 3.05) is 60.0 Å². The predicted octanol–water partition coefficient (Wildman–Crippen LogP) is -1.58. The first-order valence-corrected chi connectivity index (χ1v) is 7.91. The second-order valence-electron chi connectivity index (χ2n) is 5.22. The predicted molar refractivity (Wildman–Crippen MR) is 70.2 cm³/mol. The number of amides is 1. The smallest absolute Gasteiger partial charge is 0.236 e. The summed E-state index contributed by atoms with van der Waals surface area (Å²) in [5, 5.41) is -0.392. The van der Waals surface area contributed by atoms with Crippen LogP contribution in [-0.2, 0) is 19.6 Å². The summed E-state index contributed by atoms with van der Waals surface area (Å²) in [7, 11) is 0.447. The molecule has 8 heteroatoms. The van der Waals surface area contributed by atoms with Crippen molar-refractivity contribution in [1.29, 1.82) is 0 Å². The molecule has 110 valence electrons. The lowest BCUT2D eigenvalue weighted by molar-refractivity contribution is -0.133. The first kappa shape index (κ1) is 14.7. The van der Waals surface area contributed by atoms with Crippen molar-refractivity contribution in [2.45, 2.75) is 5.25 Å². The van der Waals surface area contributed by atoms with Gasteiger partial charge >= 0.3 is 0 Å². The molecular formula is C11H21N3O4S. The minimum Gasteiger partial charge on any atom is -0.378 e. The largest absolute Gasteiger partial charge is 0.378 e. The number of ether oxygens (including phenoxy) is 1. The van der Waals surface area contributed by atoms with Gasteiger partial charge in [-0.1, -0.05) is 0 Å². The molecule has 2 fully saturated rings.